The van der Waals surface area contributed by atoms with Crippen LogP contribution in [0.2, 0.25) is 0 Å². The van der Waals surface area contributed by atoms with Gasteiger partial charge in [-0.1, -0.05) is 42.5 Å². The number of piperidine rings is 2. The number of nitrogens with zero attached hydrogens (tertiary/aromatic N) is 4. The van der Waals surface area contributed by atoms with Crippen LogP contribution < -0.4 is 11.0 Å². The Labute approximate surface area is 257 Å². The summed E-state index contributed by atoms with van der Waals surface area (Å²) < 4.78 is 7.04. The van der Waals surface area contributed by atoms with E-state index in [1.807, 2.05) is 35.2 Å². The highest BCUT2D eigenvalue weighted by molar-refractivity contribution is 5.87. The third kappa shape index (κ3) is 6.99. The maximum Gasteiger partial charge on any atom is 0.343 e. The predicted molar refractivity (Wildman–Crippen MR) is 165 cm³/mol. The van der Waals surface area contributed by atoms with Gasteiger partial charge in [-0.25, -0.2) is 14.3 Å². The van der Waals surface area contributed by atoms with Crippen molar-refractivity contribution >= 4 is 11.9 Å². The standard InChI is InChI=1S/C33H42N6O5/c40-28-8-6-23(7-9-28)22-29(31(41)37-16-10-24(11-17-37)25-14-20-44-21-15-25)34-32(42)38-18-12-27(13-19-38)39-33(43)35-30(36-39)26-4-2-1-3-5-26/h1-9,24-25,27,29,40H,10-22H2,(H,34,42)(H,35,36,43)/t29-/m1/s1. The Balaban J connectivity index is 1.08. The quantitative estimate of drug-likeness (QED) is 0.379. The summed E-state index contributed by atoms with van der Waals surface area (Å²) in [6.45, 7) is 3.94. The van der Waals surface area contributed by atoms with Gasteiger partial charge >= 0.3 is 11.7 Å². The molecule has 3 N–H and O–H groups in total. The third-order valence-corrected chi connectivity index (χ3v) is 9.54. The fraction of sp³-hybridized carbons (Fsp3) is 0.515. The Kier molecular flexibility index (Phi) is 9.30. The van der Waals surface area contributed by atoms with Crippen molar-refractivity contribution < 1.29 is 19.4 Å². The largest absolute Gasteiger partial charge is 0.508 e. The number of phenols is 1. The molecular formula is C33H42N6O5. The van der Waals surface area contributed by atoms with Crippen molar-refractivity contribution in [3.05, 3.63) is 70.6 Å². The van der Waals surface area contributed by atoms with Gasteiger partial charge in [-0.2, -0.15) is 0 Å². The number of urea groups is 1. The molecule has 11 nitrogen and oxygen atoms in total. The van der Waals surface area contributed by atoms with Crippen LogP contribution in [-0.4, -0.2) is 87.0 Å². The molecule has 234 valence electrons. The van der Waals surface area contributed by atoms with Crippen LogP contribution in [0.15, 0.2) is 59.4 Å². The molecule has 0 bridgehead atoms. The van der Waals surface area contributed by atoms with Crippen LogP contribution in [0.25, 0.3) is 11.4 Å². The number of aromatic amines is 1. The number of rotatable bonds is 7. The van der Waals surface area contributed by atoms with E-state index in [9.17, 15) is 19.5 Å². The second-order valence-corrected chi connectivity index (χ2v) is 12.3. The molecule has 0 radical (unpaired) electrons. The number of nitrogens with one attached hydrogen (secondary N) is 2. The second-order valence-electron chi connectivity index (χ2n) is 12.3. The number of likely N-dealkylation sites (tertiary alicyclic amines) is 2. The molecule has 0 unspecified atom stereocenters. The molecule has 6 rings (SSSR count). The molecule has 3 aliphatic rings. The lowest BCUT2D eigenvalue weighted by molar-refractivity contribution is -0.135. The van der Waals surface area contributed by atoms with Crippen molar-refractivity contribution in [2.75, 3.05) is 39.4 Å². The number of aromatic hydroxyl groups is 1. The van der Waals surface area contributed by atoms with Crippen molar-refractivity contribution in [1.29, 1.82) is 0 Å². The summed E-state index contributed by atoms with van der Waals surface area (Å²) in [4.78, 5) is 46.5. The Hall–Kier alpha value is -4.12. The summed E-state index contributed by atoms with van der Waals surface area (Å²) in [6.07, 6.45) is 5.65. The van der Waals surface area contributed by atoms with Crippen molar-refractivity contribution in [3.63, 3.8) is 0 Å². The van der Waals surface area contributed by atoms with Crippen LogP contribution in [0.1, 0.15) is 50.1 Å². The van der Waals surface area contributed by atoms with Crippen LogP contribution >= 0.6 is 0 Å². The molecule has 2 aromatic carbocycles. The molecule has 1 aromatic heterocycles. The summed E-state index contributed by atoms with van der Waals surface area (Å²) in [5, 5.41) is 17.3. The molecular weight excluding hydrogens is 560 g/mol. The van der Waals surface area contributed by atoms with E-state index in [0.717, 1.165) is 50.0 Å². The summed E-state index contributed by atoms with van der Waals surface area (Å²) in [5.74, 6) is 1.90. The van der Waals surface area contributed by atoms with Crippen LogP contribution in [-0.2, 0) is 16.0 Å². The fourth-order valence-electron chi connectivity index (χ4n) is 6.93. The van der Waals surface area contributed by atoms with Gasteiger partial charge < -0.3 is 25.0 Å². The Bertz CT molecular complexity index is 1450. The maximum atomic E-state index is 13.8. The molecule has 3 saturated heterocycles. The van der Waals surface area contributed by atoms with E-state index in [4.69, 9.17) is 4.74 Å². The summed E-state index contributed by atoms with van der Waals surface area (Å²) >= 11 is 0. The first kappa shape index (κ1) is 29.9. The average Bonchev–Trinajstić information content (AvgIpc) is 3.47. The van der Waals surface area contributed by atoms with E-state index >= 15 is 0 Å². The van der Waals surface area contributed by atoms with E-state index in [-0.39, 0.29) is 29.4 Å². The highest BCUT2D eigenvalue weighted by atomic mass is 16.5. The topological polar surface area (TPSA) is 133 Å². The van der Waals surface area contributed by atoms with Gasteiger partial charge in [0.1, 0.15) is 11.8 Å². The first-order valence-electron chi connectivity index (χ1n) is 15.9. The fourth-order valence-corrected chi connectivity index (χ4v) is 6.93. The van der Waals surface area contributed by atoms with Gasteiger partial charge in [0.2, 0.25) is 5.91 Å². The van der Waals surface area contributed by atoms with E-state index in [0.29, 0.717) is 63.1 Å². The predicted octanol–water partition coefficient (Wildman–Crippen LogP) is 3.57. The number of ether oxygens (including phenoxy) is 1. The second kappa shape index (κ2) is 13.7. The number of carbonyl (C=O) groups excluding carboxylic acids is 2. The zero-order valence-electron chi connectivity index (χ0n) is 25.1. The highest BCUT2D eigenvalue weighted by Crippen LogP contribution is 2.32. The van der Waals surface area contributed by atoms with Crippen LogP contribution in [0.5, 0.6) is 5.75 Å². The van der Waals surface area contributed by atoms with Gasteiger partial charge in [-0.05, 0) is 68.1 Å². The third-order valence-electron chi connectivity index (χ3n) is 9.54. The lowest BCUT2D eigenvalue weighted by atomic mass is 9.80. The molecule has 0 aliphatic carbocycles. The van der Waals surface area contributed by atoms with Crippen LogP contribution in [0.4, 0.5) is 4.79 Å². The van der Waals surface area contributed by atoms with Crippen LogP contribution in [0.3, 0.4) is 0 Å². The molecule has 3 amide bonds. The lowest BCUT2D eigenvalue weighted by Gasteiger charge is -2.39. The molecule has 1 atom stereocenters. The first-order valence-corrected chi connectivity index (χ1v) is 15.9. The monoisotopic (exact) mass is 602 g/mol. The minimum atomic E-state index is -0.716. The SMILES string of the molecule is O=C(N[C@H](Cc1ccc(O)cc1)C(=O)N1CCC(C2CCOCC2)CC1)N1CCC(n2nc(-c3ccccc3)[nH]c2=O)CC1. The number of amides is 3. The number of carbonyl (C=O) groups is 2. The Morgan fingerprint density at radius 2 is 1.52 bits per heavy atom. The molecule has 44 heavy (non-hydrogen) atoms. The minimum absolute atomic E-state index is 0.0664. The van der Waals surface area contributed by atoms with Crippen molar-refractivity contribution in [2.24, 2.45) is 11.8 Å². The van der Waals surface area contributed by atoms with Crippen molar-refractivity contribution in [1.82, 2.24) is 29.9 Å². The zero-order valence-corrected chi connectivity index (χ0v) is 25.1. The number of hydrogen-bond donors (Lipinski definition) is 3. The van der Waals surface area contributed by atoms with E-state index < -0.39 is 6.04 Å². The minimum Gasteiger partial charge on any atom is -0.508 e. The number of aromatic nitrogens is 3. The first-order chi connectivity index (χ1) is 21.4. The number of benzene rings is 2. The molecule has 11 heteroatoms. The smallest absolute Gasteiger partial charge is 0.343 e. The van der Waals surface area contributed by atoms with Gasteiger partial charge in [0.25, 0.3) is 0 Å². The number of H-pyrrole nitrogens is 1. The normalized spacial score (nSPS) is 19.5. The van der Waals surface area contributed by atoms with Gasteiger partial charge in [0.15, 0.2) is 5.82 Å². The number of hydrogen-bond acceptors (Lipinski definition) is 6. The Morgan fingerprint density at radius 3 is 2.20 bits per heavy atom. The Morgan fingerprint density at radius 1 is 0.886 bits per heavy atom. The number of phenolic OH excluding ortho intramolecular Hbond substituents is 1. The maximum absolute atomic E-state index is 13.8. The zero-order chi connectivity index (χ0) is 30.5. The lowest BCUT2D eigenvalue weighted by Crippen LogP contribution is -2.55. The van der Waals surface area contributed by atoms with E-state index in [1.54, 1.807) is 29.2 Å². The van der Waals surface area contributed by atoms with Gasteiger partial charge in [-0.3, -0.25) is 9.78 Å². The van der Waals surface area contributed by atoms with Crippen molar-refractivity contribution in [3.8, 4) is 17.1 Å². The van der Waals surface area contributed by atoms with Crippen LogP contribution in [0, 0.1) is 11.8 Å². The summed E-state index contributed by atoms with van der Waals surface area (Å²) in [7, 11) is 0. The molecule has 3 fully saturated rings. The molecule has 4 heterocycles. The summed E-state index contributed by atoms with van der Waals surface area (Å²) in [5.41, 5.74) is 1.45. The molecule has 0 saturated carbocycles. The van der Waals surface area contributed by atoms with Gasteiger partial charge in [0, 0.05) is 51.4 Å². The van der Waals surface area contributed by atoms with E-state index in [1.165, 1.54) is 4.68 Å². The highest BCUT2D eigenvalue weighted by Gasteiger charge is 2.34. The molecule has 0 spiro atoms. The average molecular weight is 603 g/mol. The van der Waals surface area contributed by atoms with Gasteiger partial charge in [-0.15, -0.1) is 5.10 Å². The van der Waals surface area contributed by atoms with E-state index in [2.05, 4.69) is 15.4 Å². The molecule has 3 aromatic rings. The van der Waals surface area contributed by atoms with Gasteiger partial charge in [0.05, 0.1) is 6.04 Å². The van der Waals surface area contributed by atoms with Crippen molar-refractivity contribution in [2.45, 2.75) is 57.0 Å². The molecule has 3 aliphatic heterocycles. The summed E-state index contributed by atoms with van der Waals surface area (Å²) in [6, 6.07) is 15.2.